The maximum absolute atomic E-state index is 12.5. The first-order chi connectivity index (χ1) is 15.6. The van der Waals surface area contributed by atoms with Crippen molar-refractivity contribution in [2.75, 3.05) is 11.9 Å². The van der Waals surface area contributed by atoms with E-state index in [1.807, 2.05) is 55.5 Å². The molecule has 0 unspecified atom stereocenters. The highest BCUT2D eigenvalue weighted by Gasteiger charge is 2.08. The summed E-state index contributed by atoms with van der Waals surface area (Å²) in [5.74, 6) is -0.808. The summed E-state index contributed by atoms with van der Waals surface area (Å²) in [5.41, 5.74) is 6.23. The van der Waals surface area contributed by atoms with Gasteiger partial charge in [0.1, 0.15) is 0 Å². The zero-order valence-electron chi connectivity index (χ0n) is 17.9. The Morgan fingerprint density at radius 3 is 2.41 bits per heavy atom. The molecule has 0 aliphatic heterocycles. The number of ether oxygens (including phenoxy) is 1. The van der Waals surface area contributed by atoms with E-state index in [4.69, 9.17) is 9.94 Å². The molecule has 0 atom stereocenters. The van der Waals surface area contributed by atoms with Gasteiger partial charge in [0.05, 0.1) is 6.61 Å². The van der Waals surface area contributed by atoms with Gasteiger partial charge in [-0.25, -0.2) is 5.48 Å². The van der Waals surface area contributed by atoms with Crippen molar-refractivity contribution in [3.63, 3.8) is 0 Å². The van der Waals surface area contributed by atoms with E-state index < -0.39 is 5.91 Å². The number of hydroxylamine groups is 1. The van der Waals surface area contributed by atoms with Crippen molar-refractivity contribution in [1.82, 2.24) is 5.48 Å². The van der Waals surface area contributed by atoms with Crippen LogP contribution in [0.2, 0.25) is 0 Å². The molecule has 0 heterocycles. The summed E-state index contributed by atoms with van der Waals surface area (Å²) in [6.45, 7) is 3.12. The third kappa shape index (κ3) is 6.63. The number of carbonyl (C=O) groups is 2. The summed E-state index contributed by atoms with van der Waals surface area (Å²) in [6, 6.07) is 22.2. The molecule has 164 valence electrons. The van der Waals surface area contributed by atoms with E-state index >= 15 is 0 Å². The molecule has 0 fully saturated rings. The summed E-state index contributed by atoms with van der Waals surface area (Å²) in [5, 5.41) is 11.7. The third-order valence-electron chi connectivity index (χ3n) is 4.69. The molecule has 3 aromatic rings. The number of rotatable bonds is 9. The van der Waals surface area contributed by atoms with Crippen molar-refractivity contribution >= 4 is 23.6 Å². The van der Waals surface area contributed by atoms with Crippen LogP contribution in [0.1, 0.15) is 34.8 Å². The largest absolute Gasteiger partial charge is 0.377 e. The van der Waals surface area contributed by atoms with Gasteiger partial charge in [-0.2, -0.15) is 0 Å². The average Bonchev–Trinajstić information content (AvgIpc) is 2.83. The first-order valence-corrected chi connectivity index (χ1v) is 10.4. The normalized spacial score (nSPS) is 10.8. The smallest absolute Gasteiger partial charge is 0.274 e. The van der Waals surface area contributed by atoms with Gasteiger partial charge in [-0.15, -0.1) is 0 Å². The van der Waals surface area contributed by atoms with Gasteiger partial charge in [0.2, 0.25) is 5.91 Å². The van der Waals surface area contributed by atoms with Gasteiger partial charge >= 0.3 is 0 Å². The number of anilines is 1. The molecule has 0 saturated carbocycles. The van der Waals surface area contributed by atoms with Crippen molar-refractivity contribution in [2.24, 2.45) is 0 Å². The summed E-state index contributed by atoms with van der Waals surface area (Å²) in [4.78, 5) is 24.0. The highest BCUT2D eigenvalue weighted by molar-refractivity contribution is 6.02. The maximum Gasteiger partial charge on any atom is 0.274 e. The minimum atomic E-state index is -0.573. The van der Waals surface area contributed by atoms with E-state index in [0.717, 1.165) is 28.7 Å². The Labute approximate surface area is 187 Å². The van der Waals surface area contributed by atoms with Gasteiger partial charge in [-0.05, 0) is 65.1 Å². The monoisotopic (exact) mass is 430 g/mol. The second-order valence-electron chi connectivity index (χ2n) is 7.22. The van der Waals surface area contributed by atoms with Crippen LogP contribution in [0, 0.1) is 0 Å². The van der Waals surface area contributed by atoms with Gasteiger partial charge in [-0.3, -0.25) is 14.8 Å². The van der Waals surface area contributed by atoms with Crippen LogP contribution in [0.3, 0.4) is 0 Å². The molecule has 3 aromatic carbocycles. The molecule has 6 nitrogen and oxygen atoms in total. The van der Waals surface area contributed by atoms with E-state index in [-0.39, 0.29) is 5.91 Å². The summed E-state index contributed by atoms with van der Waals surface area (Å²) in [7, 11) is 0. The lowest BCUT2D eigenvalue weighted by Crippen LogP contribution is -2.18. The molecule has 0 aliphatic rings. The Balaban J connectivity index is 1.83. The van der Waals surface area contributed by atoms with Crippen molar-refractivity contribution in [2.45, 2.75) is 20.0 Å². The fraction of sp³-hybridized carbons (Fsp3) is 0.154. The summed E-state index contributed by atoms with van der Waals surface area (Å²) < 4.78 is 5.68. The topological polar surface area (TPSA) is 87.7 Å². The highest BCUT2D eigenvalue weighted by atomic mass is 16.5. The van der Waals surface area contributed by atoms with Crippen molar-refractivity contribution in [3.05, 3.63) is 95.6 Å². The van der Waals surface area contributed by atoms with Crippen LogP contribution in [0.4, 0.5) is 5.69 Å². The van der Waals surface area contributed by atoms with Gasteiger partial charge < -0.3 is 10.1 Å². The van der Waals surface area contributed by atoms with Crippen LogP contribution < -0.4 is 10.8 Å². The van der Waals surface area contributed by atoms with Crippen LogP contribution in [0.15, 0.2) is 78.9 Å². The fourth-order valence-electron chi connectivity index (χ4n) is 3.15. The number of amides is 2. The van der Waals surface area contributed by atoms with E-state index in [2.05, 4.69) is 5.32 Å². The lowest BCUT2D eigenvalue weighted by Gasteiger charge is -2.12. The molecule has 0 bridgehead atoms. The Morgan fingerprint density at radius 1 is 0.969 bits per heavy atom. The Hall–Kier alpha value is -3.74. The Kier molecular flexibility index (Phi) is 8.31. The molecule has 0 spiro atoms. The lowest BCUT2D eigenvalue weighted by molar-refractivity contribution is -0.111. The van der Waals surface area contributed by atoms with Crippen LogP contribution in [0.5, 0.6) is 0 Å². The van der Waals surface area contributed by atoms with Gasteiger partial charge in [-0.1, -0.05) is 49.4 Å². The zero-order chi connectivity index (χ0) is 22.8. The number of hydrogen-bond acceptors (Lipinski definition) is 4. The molecule has 6 heteroatoms. The van der Waals surface area contributed by atoms with Gasteiger partial charge in [0.25, 0.3) is 5.91 Å². The summed E-state index contributed by atoms with van der Waals surface area (Å²) >= 11 is 0. The second-order valence-corrected chi connectivity index (χ2v) is 7.22. The minimum absolute atomic E-state index is 0.235. The third-order valence-corrected chi connectivity index (χ3v) is 4.69. The molecule has 0 radical (unpaired) electrons. The Bertz CT molecular complexity index is 1080. The van der Waals surface area contributed by atoms with Crippen LogP contribution in [-0.4, -0.2) is 23.6 Å². The maximum atomic E-state index is 12.5. The van der Waals surface area contributed by atoms with E-state index in [0.29, 0.717) is 24.5 Å². The first kappa shape index (κ1) is 22.9. The highest BCUT2D eigenvalue weighted by Crippen LogP contribution is 2.26. The predicted octanol–water partition coefficient (Wildman–Crippen LogP) is 5.05. The molecule has 3 N–H and O–H groups in total. The first-order valence-electron chi connectivity index (χ1n) is 10.4. The van der Waals surface area contributed by atoms with E-state index in [1.165, 1.54) is 6.08 Å². The van der Waals surface area contributed by atoms with Crippen LogP contribution in [-0.2, 0) is 16.1 Å². The number of benzene rings is 3. The quantitative estimate of drug-likeness (QED) is 0.192. The number of hydrogen-bond donors (Lipinski definition) is 3. The summed E-state index contributed by atoms with van der Waals surface area (Å²) in [6.07, 6.45) is 4.18. The molecule has 0 aliphatic carbocycles. The molecule has 0 saturated heterocycles. The molecule has 32 heavy (non-hydrogen) atoms. The second kappa shape index (κ2) is 11.6. The van der Waals surface area contributed by atoms with Crippen molar-refractivity contribution < 1.29 is 19.5 Å². The Morgan fingerprint density at radius 2 is 1.72 bits per heavy atom. The predicted molar refractivity (Wildman–Crippen MR) is 125 cm³/mol. The van der Waals surface area contributed by atoms with Crippen LogP contribution >= 0.6 is 0 Å². The van der Waals surface area contributed by atoms with Crippen molar-refractivity contribution in [1.29, 1.82) is 0 Å². The number of carbonyl (C=O) groups excluding carboxylic acids is 2. The van der Waals surface area contributed by atoms with E-state index in [9.17, 15) is 9.59 Å². The molecule has 3 rings (SSSR count). The zero-order valence-corrected chi connectivity index (χ0v) is 17.9. The molecule has 0 aromatic heterocycles. The average molecular weight is 431 g/mol. The van der Waals surface area contributed by atoms with E-state index in [1.54, 1.807) is 35.8 Å². The van der Waals surface area contributed by atoms with Gasteiger partial charge in [0.15, 0.2) is 0 Å². The fourth-order valence-corrected chi connectivity index (χ4v) is 3.15. The van der Waals surface area contributed by atoms with Crippen molar-refractivity contribution in [3.8, 4) is 11.1 Å². The molecular formula is C26H26N2O4. The SMILES string of the molecule is CCCOCc1cc(NC(=O)C=Cc2ccccc2)cc(-c2ccc(C(=O)NO)cc2)c1. The molecule has 2 amide bonds. The molecular weight excluding hydrogens is 404 g/mol. The standard InChI is InChI=1S/C26H26N2O4/c1-2-14-32-18-20-15-23(21-9-11-22(12-10-21)26(30)28-31)17-24(16-20)27-25(29)13-8-19-6-4-3-5-7-19/h3-13,15-17,31H,2,14,18H2,1H3,(H,27,29)(H,28,30). The van der Waals surface area contributed by atoms with Crippen LogP contribution in [0.25, 0.3) is 17.2 Å². The lowest BCUT2D eigenvalue weighted by atomic mass is 10.0. The van der Waals surface area contributed by atoms with Gasteiger partial charge in [0, 0.05) is 23.9 Å². The number of nitrogens with one attached hydrogen (secondary N) is 2. The minimum Gasteiger partial charge on any atom is -0.377 e.